The molecule has 104 valence electrons. The number of aryl methyl sites for hydroxylation is 1. The minimum absolute atomic E-state index is 0.00263. The van der Waals surface area contributed by atoms with Crippen molar-refractivity contribution in [3.8, 4) is 0 Å². The zero-order valence-electron chi connectivity index (χ0n) is 11.6. The minimum atomic E-state index is -0.434. The second-order valence-corrected chi connectivity index (χ2v) is 4.48. The number of hydrogen-bond donors (Lipinski definition) is 2. The van der Waals surface area contributed by atoms with E-state index in [0.717, 1.165) is 16.8 Å². The molecule has 0 aliphatic carbocycles. The minimum Gasteiger partial charge on any atom is -0.373 e. The number of nitro groups is 1. The molecule has 0 saturated carbocycles. The third kappa shape index (κ3) is 2.85. The highest BCUT2D eigenvalue weighted by Gasteiger charge is 2.11. The second kappa shape index (κ2) is 5.56. The number of rotatable bonds is 4. The van der Waals surface area contributed by atoms with Crippen LogP contribution in [0.3, 0.4) is 0 Å². The lowest BCUT2D eigenvalue weighted by Gasteiger charge is -2.11. The summed E-state index contributed by atoms with van der Waals surface area (Å²) in [6.07, 6.45) is 0. The Balaban J connectivity index is 2.40. The van der Waals surface area contributed by atoms with Gasteiger partial charge < -0.3 is 10.6 Å². The summed E-state index contributed by atoms with van der Waals surface area (Å²) in [4.78, 5) is 14.8. The van der Waals surface area contributed by atoms with E-state index in [4.69, 9.17) is 0 Å². The van der Waals surface area contributed by atoms with E-state index in [9.17, 15) is 10.1 Å². The van der Waals surface area contributed by atoms with Crippen molar-refractivity contribution in [1.29, 1.82) is 0 Å². The zero-order chi connectivity index (χ0) is 14.7. The van der Waals surface area contributed by atoms with E-state index >= 15 is 0 Å². The van der Waals surface area contributed by atoms with Gasteiger partial charge in [-0.05, 0) is 31.0 Å². The molecule has 2 aromatic rings. The van der Waals surface area contributed by atoms with Gasteiger partial charge in [0.05, 0.1) is 17.1 Å². The number of anilines is 3. The van der Waals surface area contributed by atoms with Gasteiger partial charge in [-0.25, -0.2) is 4.98 Å². The smallest absolute Gasteiger partial charge is 0.276 e. The maximum atomic E-state index is 10.9. The van der Waals surface area contributed by atoms with Crippen LogP contribution in [0.15, 0.2) is 30.3 Å². The van der Waals surface area contributed by atoms with Crippen molar-refractivity contribution in [2.24, 2.45) is 0 Å². The molecule has 6 heteroatoms. The molecule has 0 radical (unpaired) electrons. The Morgan fingerprint density at radius 2 is 1.90 bits per heavy atom. The van der Waals surface area contributed by atoms with Gasteiger partial charge in [-0.1, -0.05) is 12.1 Å². The lowest BCUT2D eigenvalue weighted by molar-refractivity contribution is -0.384. The van der Waals surface area contributed by atoms with Crippen LogP contribution in [0, 0.1) is 24.0 Å². The van der Waals surface area contributed by atoms with Crippen molar-refractivity contribution < 1.29 is 4.92 Å². The third-order valence-corrected chi connectivity index (χ3v) is 3.14. The molecule has 1 aromatic heterocycles. The molecule has 0 aliphatic rings. The van der Waals surface area contributed by atoms with Crippen molar-refractivity contribution >= 4 is 23.0 Å². The molecule has 1 aromatic carbocycles. The van der Waals surface area contributed by atoms with E-state index in [1.165, 1.54) is 12.1 Å². The average molecular weight is 272 g/mol. The predicted molar refractivity (Wildman–Crippen MR) is 79.6 cm³/mol. The molecular weight excluding hydrogens is 256 g/mol. The maximum Gasteiger partial charge on any atom is 0.276 e. The highest BCUT2D eigenvalue weighted by molar-refractivity contribution is 5.65. The summed E-state index contributed by atoms with van der Waals surface area (Å²) in [5, 5.41) is 16.9. The van der Waals surface area contributed by atoms with Gasteiger partial charge in [-0.15, -0.1) is 0 Å². The zero-order valence-corrected chi connectivity index (χ0v) is 11.6. The van der Waals surface area contributed by atoms with Crippen LogP contribution in [0.4, 0.5) is 23.0 Å². The lowest BCUT2D eigenvalue weighted by Crippen LogP contribution is -2.01. The largest absolute Gasteiger partial charge is 0.373 e. The Morgan fingerprint density at radius 1 is 1.20 bits per heavy atom. The van der Waals surface area contributed by atoms with Gasteiger partial charge >= 0.3 is 0 Å². The first kappa shape index (κ1) is 13.8. The average Bonchev–Trinajstić information content (AvgIpc) is 2.43. The molecule has 0 amide bonds. The van der Waals surface area contributed by atoms with Gasteiger partial charge in [0, 0.05) is 12.7 Å². The molecular formula is C14H16N4O2. The molecule has 2 rings (SSSR count). The highest BCUT2D eigenvalue weighted by Crippen LogP contribution is 2.25. The van der Waals surface area contributed by atoms with E-state index in [1.54, 1.807) is 7.05 Å². The van der Waals surface area contributed by atoms with E-state index in [2.05, 4.69) is 15.6 Å². The molecule has 0 bridgehead atoms. The molecule has 0 atom stereocenters. The Kier molecular flexibility index (Phi) is 3.84. The van der Waals surface area contributed by atoms with Crippen molar-refractivity contribution in [3.63, 3.8) is 0 Å². The predicted octanol–water partition coefficient (Wildman–Crippen LogP) is 3.39. The van der Waals surface area contributed by atoms with Crippen LogP contribution in [0.2, 0.25) is 0 Å². The molecule has 20 heavy (non-hydrogen) atoms. The molecule has 0 aliphatic heterocycles. The fourth-order valence-corrected chi connectivity index (χ4v) is 1.84. The van der Waals surface area contributed by atoms with Crippen LogP contribution in [0.25, 0.3) is 0 Å². The monoisotopic (exact) mass is 272 g/mol. The fourth-order valence-electron chi connectivity index (χ4n) is 1.84. The Bertz CT molecular complexity index is 656. The van der Waals surface area contributed by atoms with E-state index in [1.807, 2.05) is 32.0 Å². The van der Waals surface area contributed by atoms with E-state index in [-0.39, 0.29) is 5.69 Å². The standard InChI is InChI=1S/C14H16N4O2/c1-9-5-4-6-12(10(9)2)16-14-8-11(18(19)20)7-13(15-3)17-14/h4-8H,1-3H3,(H2,15,16,17). The van der Waals surface area contributed by atoms with Gasteiger partial charge in [0.1, 0.15) is 11.6 Å². The maximum absolute atomic E-state index is 10.9. The van der Waals surface area contributed by atoms with Crippen LogP contribution in [-0.4, -0.2) is 17.0 Å². The van der Waals surface area contributed by atoms with Gasteiger partial charge in [0.2, 0.25) is 0 Å². The summed E-state index contributed by atoms with van der Waals surface area (Å²) in [6.45, 7) is 4.01. The molecule has 2 N–H and O–H groups in total. The third-order valence-electron chi connectivity index (χ3n) is 3.14. The van der Waals surface area contributed by atoms with Crippen LogP contribution < -0.4 is 10.6 Å². The Hall–Kier alpha value is -2.63. The number of nitrogens with zero attached hydrogens (tertiary/aromatic N) is 2. The molecule has 1 heterocycles. The second-order valence-electron chi connectivity index (χ2n) is 4.48. The van der Waals surface area contributed by atoms with E-state index < -0.39 is 4.92 Å². The molecule has 0 fully saturated rings. The lowest BCUT2D eigenvalue weighted by atomic mass is 10.1. The van der Waals surface area contributed by atoms with Crippen molar-refractivity contribution in [2.45, 2.75) is 13.8 Å². The first-order valence-corrected chi connectivity index (χ1v) is 6.18. The number of benzene rings is 1. The van der Waals surface area contributed by atoms with Crippen LogP contribution in [0.1, 0.15) is 11.1 Å². The number of nitrogens with one attached hydrogen (secondary N) is 2. The normalized spacial score (nSPS) is 10.2. The Labute approximate surface area is 117 Å². The first-order chi connectivity index (χ1) is 9.51. The molecule has 0 unspecified atom stereocenters. The van der Waals surface area contributed by atoms with Crippen LogP contribution in [0.5, 0.6) is 0 Å². The van der Waals surface area contributed by atoms with Crippen molar-refractivity contribution in [2.75, 3.05) is 17.7 Å². The van der Waals surface area contributed by atoms with Crippen molar-refractivity contribution in [1.82, 2.24) is 4.98 Å². The quantitative estimate of drug-likeness (QED) is 0.658. The van der Waals surface area contributed by atoms with Gasteiger partial charge in [0.25, 0.3) is 5.69 Å². The molecule has 6 nitrogen and oxygen atoms in total. The fraction of sp³-hybridized carbons (Fsp3) is 0.214. The van der Waals surface area contributed by atoms with Crippen molar-refractivity contribution in [3.05, 3.63) is 51.6 Å². The summed E-state index contributed by atoms with van der Waals surface area (Å²) in [5.41, 5.74) is 3.12. The Morgan fingerprint density at radius 3 is 2.55 bits per heavy atom. The first-order valence-electron chi connectivity index (χ1n) is 6.18. The summed E-state index contributed by atoms with van der Waals surface area (Å²) < 4.78 is 0. The number of aromatic nitrogens is 1. The molecule has 0 saturated heterocycles. The SMILES string of the molecule is CNc1cc([N+](=O)[O-])cc(Nc2cccc(C)c2C)n1. The highest BCUT2D eigenvalue weighted by atomic mass is 16.6. The number of hydrogen-bond acceptors (Lipinski definition) is 5. The summed E-state index contributed by atoms with van der Waals surface area (Å²) >= 11 is 0. The summed E-state index contributed by atoms with van der Waals surface area (Å²) in [5.74, 6) is 0.893. The summed E-state index contributed by atoms with van der Waals surface area (Å²) in [7, 11) is 1.67. The molecule has 0 spiro atoms. The summed E-state index contributed by atoms with van der Waals surface area (Å²) in [6, 6.07) is 8.68. The van der Waals surface area contributed by atoms with Crippen LogP contribution in [-0.2, 0) is 0 Å². The number of pyridine rings is 1. The topological polar surface area (TPSA) is 80.1 Å². The van der Waals surface area contributed by atoms with Gasteiger partial charge in [0.15, 0.2) is 0 Å². The van der Waals surface area contributed by atoms with Crippen LogP contribution >= 0.6 is 0 Å². The van der Waals surface area contributed by atoms with E-state index in [0.29, 0.717) is 11.6 Å². The van der Waals surface area contributed by atoms with Gasteiger partial charge in [-0.3, -0.25) is 10.1 Å². The van der Waals surface area contributed by atoms with Gasteiger partial charge in [-0.2, -0.15) is 0 Å².